The Balaban J connectivity index is 2.31. The normalized spacial score (nSPS) is 20.5. The summed E-state index contributed by atoms with van der Waals surface area (Å²) in [6.07, 6.45) is 2.43. The second-order valence-corrected chi connectivity index (χ2v) is 10.5. The van der Waals surface area contributed by atoms with Crippen LogP contribution in [0.1, 0.15) is 37.9 Å². The van der Waals surface area contributed by atoms with E-state index in [1.54, 1.807) is 12.1 Å². The van der Waals surface area contributed by atoms with Crippen LogP contribution in [0, 0.1) is 0 Å². The highest BCUT2D eigenvalue weighted by Gasteiger charge is 2.59. The van der Waals surface area contributed by atoms with Crippen LogP contribution >= 0.6 is 0 Å². The molecule has 0 fully saturated rings. The van der Waals surface area contributed by atoms with Gasteiger partial charge in [0.25, 0.3) is 5.72 Å². The molecular weight excluding hydrogens is 452 g/mol. The summed E-state index contributed by atoms with van der Waals surface area (Å²) in [6.45, 7) is 5.93. The van der Waals surface area contributed by atoms with Crippen molar-refractivity contribution in [2.75, 3.05) is 32.4 Å². The lowest BCUT2D eigenvalue weighted by Crippen LogP contribution is -2.59. The van der Waals surface area contributed by atoms with Gasteiger partial charge in [0.1, 0.15) is 6.04 Å². The zero-order valence-corrected chi connectivity index (χ0v) is 20.3. The molecular formula is C21H28N4O7S. The molecule has 180 valence electrons. The molecule has 2 unspecified atom stereocenters. The van der Waals surface area contributed by atoms with E-state index in [-0.39, 0.29) is 23.1 Å². The van der Waals surface area contributed by atoms with E-state index in [9.17, 15) is 18.3 Å². The number of aromatic nitrogens is 2. The lowest BCUT2D eigenvalue weighted by Gasteiger charge is -2.36. The predicted octanol–water partition coefficient (Wildman–Crippen LogP) is 2.04. The Bertz CT molecular complexity index is 1180. The highest BCUT2D eigenvalue weighted by atomic mass is 32.2. The van der Waals surface area contributed by atoms with Crippen molar-refractivity contribution in [3.05, 3.63) is 35.5 Å². The number of carbonyl (C=O) groups is 1. The van der Waals surface area contributed by atoms with E-state index < -0.39 is 27.8 Å². The number of ether oxygens (including phenoxy) is 3. The van der Waals surface area contributed by atoms with Crippen LogP contribution in [0.5, 0.6) is 17.6 Å². The van der Waals surface area contributed by atoms with E-state index in [1.165, 1.54) is 38.4 Å². The van der Waals surface area contributed by atoms with Gasteiger partial charge >= 0.3 is 12.0 Å². The van der Waals surface area contributed by atoms with Crippen molar-refractivity contribution < 1.29 is 32.5 Å². The summed E-state index contributed by atoms with van der Waals surface area (Å²) in [4.78, 5) is 22.0. The average Bonchev–Trinajstić information content (AvgIpc) is 2.95. The number of carboxylic acid groups (broad SMARTS) is 1. The molecule has 2 aromatic rings. The molecule has 1 aromatic carbocycles. The van der Waals surface area contributed by atoms with Gasteiger partial charge in [0.2, 0.25) is 15.9 Å². The summed E-state index contributed by atoms with van der Waals surface area (Å²) in [7, 11) is 0.328. The first-order chi connectivity index (χ1) is 15.2. The van der Waals surface area contributed by atoms with Gasteiger partial charge in [-0.25, -0.2) is 22.9 Å². The third kappa shape index (κ3) is 4.45. The van der Waals surface area contributed by atoms with Crippen molar-refractivity contribution in [2.24, 2.45) is 0 Å². The first-order valence-electron chi connectivity index (χ1n) is 9.97. The fraction of sp³-hybridized carbons (Fsp3) is 0.476. The van der Waals surface area contributed by atoms with E-state index in [0.29, 0.717) is 11.3 Å². The Labute approximate surface area is 192 Å². The number of nitrogens with zero attached hydrogens (tertiary/aromatic N) is 3. The molecule has 0 saturated heterocycles. The topological polar surface area (TPSA) is 140 Å². The number of likely N-dealkylation sites (N-methyl/N-ethyl adjacent to an activating group) is 1. The van der Waals surface area contributed by atoms with Gasteiger partial charge in [-0.05, 0) is 17.0 Å². The monoisotopic (exact) mass is 480 g/mol. The zero-order chi connectivity index (χ0) is 24.8. The first-order valence-corrected chi connectivity index (χ1v) is 11.9. The molecule has 2 atom stereocenters. The van der Waals surface area contributed by atoms with Crippen molar-refractivity contribution in [3.63, 3.8) is 0 Å². The van der Waals surface area contributed by atoms with E-state index in [4.69, 9.17) is 14.2 Å². The number of benzene rings is 1. The molecule has 3 rings (SSSR count). The highest BCUT2D eigenvalue weighted by Crippen LogP contribution is 2.53. The minimum absolute atomic E-state index is 0.0952. The van der Waals surface area contributed by atoms with Crippen LogP contribution in [0.4, 0.5) is 5.69 Å². The van der Waals surface area contributed by atoms with Gasteiger partial charge in [-0.15, -0.1) is 0 Å². The van der Waals surface area contributed by atoms with Crippen LogP contribution in [0.25, 0.3) is 0 Å². The fourth-order valence-corrected chi connectivity index (χ4v) is 4.56. The van der Waals surface area contributed by atoms with Crippen molar-refractivity contribution >= 4 is 21.7 Å². The van der Waals surface area contributed by atoms with E-state index in [2.05, 4.69) is 14.7 Å². The van der Waals surface area contributed by atoms with Gasteiger partial charge < -0.3 is 24.2 Å². The number of sulfonamides is 1. The number of hydrogen-bond donors (Lipinski definition) is 2. The smallest absolute Gasteiger partial charge is 0.359 e. The lowest BCUT2D eigenvalue weighted by atomic mass is 9.84. The highest BCUT2D eigenvalue weighted by molar-refractivity contribution is 7.88. The molecule has 1 aliphatic heterocycles. The number of methoxy groups -OCH3 is 2. The molecule has 1 aromatic heterocycles. The Hall–Kier alpha value is -2.96. The van der Waals surface area contributed by atoms with Gasteiger partial charge in [0, 0.05) is 32.0 Å². The molecule has 0 bridgehead atoms. The average molecular weight is 481 g/mol. The molecule has 2 N–H and O–H groups in total. The number of fused-ring (bicyclic) bond motifs is 1. The fourth-order valence-electron chi connectivity index (χ4n) is 3.85. The quantitative estimate of drug-likeness (QED) is 0.605. The van der Waals surface area contributed by atoms with Gasteiger partial charge in [-0.2, -0.15) is 4.98 Å². The molecule has 12 heteroatoms. The maximum atomic E-state index is 12.5. The van der Waals surface area contributed by atoms with Crippen molar-refractivity contribution in [1.29, 1.82) is 0 Å². The molecule has 33 heavy (non-hydrogen) atoms. The lowest BCUT2D eigenvalue weighted by molar-refractivity contribution is -0.164. The van der Waals surface area contributed by atoms with Gasteiger partial charge in [0.15, 0.2) is 5.75 Å². The zero-order valence-electron chi connectivity index (χ0n) is 19.5. The van der Waals surface area contributed by atoms with Gasteiger partial charge in [0.05, 0.1) is 19.1 Å². The third-order valence-electron chi connectivity index (χ3n) is 5.46. The number of nitrogens with one attached hydrogen (secondary N) is 1. The van der Waals surface area contributed by atoms with Crippen molar-refractivity contribution in [2.45, 2.75) is 38.0 Å². The molecule has 0 saturated carbocycles. The number of carboxylic acids is 1. The number of hydrogen-bond acceptors (Lipinski definition) is 9. The number of rotatable bonds is 7. The minimum atomic E-state index is -3.82. The summed E-state index contributed by atoms with van der Waals surface area (Å²) in [5.41, 5.74) is -0.875. The maximum Gasteiger partial charge on any atom is 0.359 e. The Morgan fingerprint density at radius 2 is 1.94 bits per heavy atom. The minimum Gasteiger partial charge on any atom is -0.478 e. The summed E-state index contributed by atoms with van der Waals surface area (Å²) in [6, 6.07) is 3.92. The Morgan fingerprint density at radius 3 is 2.45 bits per heavy atom. The van der Waals surface area contributed by atoms with Gasteiger partial charge in [-0.3, -0.25) is 0 Å². The van der Waals surface area contributed by atoms with Crippen LogP contribution in [0.15, 0.2) is 24.4 Å². The Morgan fingerprint density at radius 1 is 1.27 bits per heavy atom. The second-order valence-electron chi connectivity index (χ2n) is 8.73. The third-order valence-corrected chi connectivity index (χ3v) is 6.12. The Kier molecular flexibility index (Phi) is 6.30. The molecule has 0 spiro atoms. The van der Waals surface area contributed by atoms with Gasteiger partial charge in [-0.1, -0.05) is 26.8 Å². The van der Waals surface area contributed by atoms with Crippen LogP contribution in [-0.2, 0) is 25.0 Å². The van der Waals surface area contributed by atoms with E-state index in [1.807, 2.05) is 20.8 Å². The summed E-state index contributed by atoms with van der Waals surface area (Å²) in [5, 5.41) is 10.2. The molecule has 0 amide bonds. The van der Waals surface area contributed by atoms with E-state index in [0.717, 1.165) is 11.8 Å². The number of aliphatic carboxylic acids is 1. The predicted molar refractivity (Wildman–Crippen MR) is 120 cm³/mol. The van der Waals surface area contributed by atoms with Crippen LogP contribution in [0.3, 0.4) is 0 Å². The molecule has 11 nitrogen and oxygen atoms in total. The van der Waals surface area contributed by atoms with Crippen LogP contribution < -0.4 is 19.1 Å². The molecule has 2 heterocycles. The van der Waals surface area contributed by atoms with Crippen molar-refractivity contribution in [1.82, 2.24) is 14.7 Å². The standard InChI is InChI=1S/C21H28N4O7S/c1-20(2,3)12-10-13-16(14(11-12)32-15-8-9-22-19(23-15)30-5)25(4)21(31-6,18(26)27)17(13)24-33(7,28)29/h8-11,17,24H,1-7H3,(H,26,27). The summed E-state index contributed by atoms with van der Waals surface area (Å²) in [5.74, 6) is -0.917. The molecule has 0 radical (unpaired) electrons. The van der Waals surface area contributed by atoms with E-state index >= 15 is 0 Å². The molecule has 1 aliphatic rings. The maximum absolute atomic E-state index is 12.5. The van der Waals surface area contributed by atoms with Crippen molar-refractivity contribution in [3.8, 4) is 17.6 Å². The summed E-state index contributed by atoms with van der Waals surface area (Å²) >= 11 is 0. The SMILES string of the molecule is COc1nccc(Oc2cc(C(C)(C)C)cc3c2N(C)C(OC)(C(=O)O)C3NS(C)(=O)=O)n1. The largest absolute Gasteiger partial charge is 0.478 e. The molecule has 0 aliphatic carbocycles. The number of anilines is 1. The van der Waals surface area contributed by atoms with Crippen LogP contribution in [0.2, 0.25) is 0 Å². The van der Waals surface area contributed by atoms with Crippen LogP contribution in [-0.4, -0.2) is 62.7 Å². The summed E-state index contributed by atoms with van der Waals surface area (Å²) < 4.78 is 43.5. The first kappa shape index (κ1) is 24.7. The second kappa shape index (κ2) is 8.43.